The number of hydrogen-bond donors (Lipinski definition) is 1. The number of halogens is 1. The van der Waals surface area contributed by atoms with Gasteiger partial charge in [0, 0.05) is 17.1 Å². The minimum atomic E-state index is -1.01. The zero-order chi connectivity index (χ0) is 21.8. The zero-order valence-corrected chi connectivity index (χ0v) is 18.5. The van der Waals surface area contributed by atoms with Gasteiger partial charge in [-0.15, -0.1) is 0 Å². The molecule has 6 heteroatoms. The summed E-state index contributed by atoms with van der Waals surface area (Å²) in [5.41, 5.74) is 4.68. The molecular formula is C24H27ClN2O3. The average molecular weight is 427 g/mol. The van der Waals surface area contributed by atoms with E-state index in [9.17, 15) is 4.79 Å². The van der Waals surface area contributed by atoms with E-state index in [1.807, 2.05) is 53.2 Å². The number of nitrogens with zero attached hydrogens (tertiary/aromatic N) is 2. The molecule has 0 aliphatic rings. The van der Waals surface area contributed by atoms with Gasteiger partial charge in [-0.3, -0.25) is 4.68 Å². The summed E-state index contributed by atoms with van der Waals surface area (Å²) < 4.78 is 7.57. The normalized spacial score (nSPS) is 11.3. The standard InChI is InChI=1S/C24H27ClN2O3/c1-15(2)13-27-22(17-5-8-19(25)9-6-17)12-21(26-27)20-11-18(16(3)4)7-10-23(20)30-14-24(28)29/h5-12,15-16H,13-14H2,1-4H3,(H,28,29). The summed E-state index contributed by atoms with van der Waals surface area (Å²) in [4.78, 5) is 11.0. The van der Waals surface area contributed by atoms with Gasteiger partial charge in [-0.05, 0) is 53.3 Å². The van der Waals surface area contributed by atoms with E-state index < -0.39 is 12.6 Å². The van der Waals surface area contributed by atoms with Crippen LogP contribution in [0.3, 0.4) is 0 Å². The Balaban J connectivity index is 2.12. The Morgan fingerprint density at radius 1 is 1.10 bits per heavy atom. The molecule has 0 fully saturated rings. The Morgan fingerprint density at radius 3 is 2.40 bits per heavy atom. The fourth-order valence-corrected chi connectivity index (χ4v) is 3.38. The highest BCUT2D eigenvalue weighted by Crippen LogP contribution is 2.35. The summed E-state index contributed by atoms with van der Waals surface area (Å²) in [5, 5.41) is 14.6. The molecule has 0 aliphatic carbocycles. The molecule has 0 saturated carbocycles. The molecular weight excluding hydrogens is 400 g/mol. The smallest absolute Gasteiger partial charge is 0.341 e. The van der Waals surface area contributed by atoms with E-state index in [1.54, 1.807) is 0 Å². The van der Waals surface area contributed by atoms with Gasteiger partial charge in [0.05, 0.1) is 11.4 Å². The molecule has 0 spiro atoms. The van der Waals surface area contributed by atoms with Crippen molar-refractivity contribution >= 4 is 17.6 Å². The minimum absolute atomic E-state index is 0.325. The molecule has 0 radical (unpaired) electrons. The predicted octanol–water partition coefficient (Wildman–Crippen LogP) is 6.11. The Hall–Kier alpha value is -2.79. The third-order valence-electron chi connectivity index (χ3n) is 4.76. The lowest BCUT2D eigenvalue weighted by atomic mass is 9.98. The lowest BCUT2D eigenvalue weighted by Gasteiger charge is -2.13. The first kappa shape index (κ1) is 21.9. The van der Waals surface area contributed by atoms with Crippen LogP contribution in [0.5, 0.6) is 5.75 Å². The van der Waals surface area contributed by atoms with Gasteiger partial charge in [0.25, 0.3) is 0 Å². The second kappa shape index (κ2) is 9.35. The number of hydrogen-bond acceptors (Lipinski definition) is 3. The lowest BCUT2D eigenvalue weighted by molar-refractivity contribution is -0.139. The van der Waals surface area contributed by atoms with Crippen molar-refractivity contribution in [1.82, 2.24) is 9.78 Å². The van der Waals surface area contributed by atoms with Crippen LogP contribution in [-0.2, 0) is 11.3 Å². The molecule has 30 heavy (non-hydrogen) atoms. The first-order valence-electron chi connectivity index (χ1n) is 10.1. The maximum Gasteiger partial charge on any atom is 0.341 e. The third kappa shape index (κ3) is 5.22. The maximum atomic E-state index is 11.0. The monoisotopic (exact) mass is 426 g/mol. The second-order valence-corrected chi connectivity index (χ2v) is 8.53. The SMILES string of the molecule is CC(C)Cn1nc(-c2cc(C(C)C)ccc2OCC(=O)O)cc1-c1ccc(Cl)cc1. The number of aromatic nitrogens is 2. The van der Waals surface area contributed by atoms with E-state index >= 15 is 0 Å². The molecule has 1 N–H and O–H groups in total. The molecule has 1 heterocycles. The summed E-state index contributed by atoms with van der Waals surface area (Å²) in [5.74, 6) is 0.235. The Kier molecular flexibility index (Phi) is 6.83. The molecule has 0 bridgehead atoms. The van der Waals surface area contributed by atoms with Crippen LogP contribution >= 0.6 is 11.6 Å². The number of carboxylic acids is 1. The number of carbonyl (C=O) groups is 1. The molecule has 5 nitrogen and oxygen atoms in total. The highest BCUT2D eigenvalue weighted by Gasteiger charge is 2.17. The van der Waals surface area contributed by atoms with Crippen LogP contribution in [0, 0.1) is 5.92 Å². The van der Waals surface area contributed by atoms with Crippen LogP contribution < -0.4 is 4.74 Å². The van der Waals surface area contributed by atoms with Crippen molar-refractivity contribution in [2.24, 2.45) is 5.92 Å². The van der Waals surface area contributed by atoms with E-state index in [-0.39, 0.29) is 0 Å². The molecule has 1 aromatic heterocycles. The first-order chi connectivity index (χ1) is 14.2. The number of benzene rings is 2. The van der Waals surface area contributed by atoms with Gasteiger partial charge >= 0.3 is 5.97 Å². The van der Waals surface area contributed by atoms with Crippen LogP contribution in [0.1, 0.15) is 39.2 Å². The average Bonchev–Trinajstić information content (AvgIpc) is 3.09. The number of rotatable bonds is 8. The van der Waals surface area contributed by atoms with E-state index in [0.717, 1.165) is 34.6 Å². The fraction of sp³-hybridized carbons (Fsp3) is 0.333. The van der Waals surface area contributed by atoms with E-state index in [2.05, 4.69) is 27.7 Å². The topological polar surface area (TPSA) is 64.4 Å². The predicted molar refractivity (Wildman–Crippen MR) is 120 cm³/mol. The highest BCUT2D eigenvalue weighted by atomic mass is 35.5. The van der Waals surface area contributed by atoms with Gasteiger partial charge in [0.2, 0.25) is 0 Å². The summed E-state index contributed by atoms with van der Waals surface area (Å²) in [6.45, 7) is 8.89. The maximum absolute atomic E-state index is 11.0. The molecule has 158 valence electrons. The highest BCUT2D eigenvalue weighted by molar-refractivity contribution is 6.30. The van der Waals surface area contributed by atoms with E-state index in [1.165, 1.54) is 0 Å². The molecule has 2 aromatic carbocycles. The van der Waals surface area contributed by atoms with Crippen LogP contribution in [0.25, 0.3) is 22.5 Å². The van der Waals surface area contributed by atoms with Gasteiger partial charge in [-0.1, -0.05) is 57.5 Å². The van der Waals surface area contributed by atoms with Gasteiger partial charge in [-0.2, -0.15) is 5.10 Å². The van der Waals surface area contributed by atoms with Crippen LogP contribution in [-0.4, -0.2) is 27.5 Å². The van der Waals surface area contributed by atoms with Crippen molar-refractivity contribution in [3.05, 3.63) is 59.1 Å². The van der Waals surface area contributed by atoms with Crippen molar-refractivity contribution in [2.75, 3.05) is 6.61 Å². The minimum Gasteiger partial charge on any atom is -0.481 e. The lowest BCUT2D eigenvalue weighted by Crippen LogP contribution is -2.10. The molecule has 3 aromatic rings. The fourth-order valence-electron chi connectivity index (χ4n) is 3.26. The number of aliphatic carboxylic acids is 1. The Labute approximate surface area is 182 Å². The number of ether oxygens (including phenoxy) is 1. The quantitative estimate of drug-likeness (QED) is 0.471. The summed E-state index contributed by atoms with van der Waals surface area (Å²) in [6, 6.07) is 15.6. The molecule has 0 unspecified atom stereocenters. The van der Waals surface area contributed by atoms with Gasteiger partial charge in [-0.25, -0.2) is 4.79 Å². The second-order valence-electron chi connectivity index (χ2n) is 8.09. The van der Waals surface area contributed by atoms with E-state index in [4.69, 9.17) is 26.5 Å². The number of carboxylic acid groups (broad SMARTS) is 1. The third-order valence-corrected chi connectivity index (χ3v) is 5.01. The van der Waals surface area contributed by atoms with Crippen LogP contribution in [0.15, 0.2) is 48.5 Å². The van der Waals surface area contributed by atoms with Gasteiger partial charge in [0.1, 0.15) is 5.75 Å². The molecule has 0 amide bonds. The van der Waals surface area contributed by atoms with Crippen molar-refractivity contribution in [3.8, 4) is 28.3 Å². The van der Waals surface area contributed by atoms with Crippen LogP contribution in [0.4, 0.5) is 0 Å². The van der Waals surface area contributed by atoms with Crippen molar-refractivity contribution in [2.45, 2.75) is 40.2 Å². The summed E-state index contributed by atoms with van der Waals surface area (Å²) in [7, 11) is 0. The molecule has 3 rings (SSSR count). The largest absolute Gasteiger partial charge is 0.481 e. The Morgan fingerprint density at radius 2 is 1.80 bits per heavy atom. The first-order valence-corrected chi connectivity index (χ1v) is 10.4. The van der Waals surface area contributed by atoms with Crippen molar-refractivity contribution in [1.29, 1.82) is 0 Å². The van der Waals surface area contributed by atoms with Crippen molar-refractivity contribution < 1.29 is 14.6 Å². The molecule has 0 aliphatic heterocycles. The van der Waals surface area contributed by atoms with Gasteiger partial charge < -0.3 is 9.84 Å². The summed E-state index contributed by atoms with van der Waals surface area (Å²) >= 11 is 6.07. The van der Waals surface area contributed by atoms with Crippen molar-refractivity contribution in [3.63, 3.8) is 0 Å². The summed E-state index contributed by atoms with van der Waals surface area (Å²) in [6.07, 6.45) is 0. The van der Waals surface area contributed by atoms with Gasteiger partial charge in [0.15, 0.2) is 6.61 Å². The van der Waals surface area contributed by atoms with E-state index in [0.29, 0.717) is 22.6 Å². The molecule has 0 atom stereocenters. The van der Waals surface area contributed by atoms with Crippen LogP contribution in [0.2, 0.25) is 5.02 Å². The zero-order valence-electron chi connectivity index (χ0n) is 17.7. The Bertz CT molecular complexity index is 1020. The molecule has 0 saturated heterocycles.